The Kier molecular flexibility index (Phi) is 25.7. The number of hydrogen-bond acceptors (Lipinski definition) is 3. The van der Waals surface area contributed by atoms with Crippen molar-refractivity contribution in [2.24, 2.45) is 5.92 Å². The number of unbranched alkanes of at least 4 members (excludes halogenated alkanes) is 1. The van der Waals surface area contributed by atoms with Crippen molar-refractivity contribution in [1.82, 2.24) is 0 Å². The molecule has 0 N–H and O–H groups in total. The van der Waals surface area contributed by atoms with E-state index < -0.39 is 0 Å². The fourth-order valence-electron chi connectivity index (χ4n) is 3.01. The standard InChI is InChI=1S/C12H16O3.C9H18.3C2H2/c1-4-14-12(13)8-15-11-7-5-6-9(2)10(11)3;1-2-3-6-9-7-4-5-8-9;3*1-2/h5-7H,4,8H2,1-3H3;9H,2-8H2,1H3;3*1-2H. The molecule has 0 radical (unpaired) electrons. The summed E-state index contributed by atoms with van der Waals surface area (Å²) in [5, 5.41) is 0. The molecule has 1 fully saturated rings. The van der Waals surface area contributed by atoms with E-state index in [2.05, 4.69) is 45.5 Å². The van der Waals surface area contributed by atoms with E-state index in [1.807, 2.05) is 32.0 Å². The molecule has 1 aliphatic rings. The van der Waals surface area contributed by atoms with Crippen LogP contribution in [0.15, 0.2) is 18.2 Å². The van der Waals surface area contributed by atoms with Gasteiger partial charge in [-0.3, -0.25) is 0 Å². The molecular weight excluding hydrogens is 372 g/mol. The first-order chi connectivity index (χ1) is 14.6. The monoisotopic (exact) mass is 412 g/mol. The quantitative estimate of drug-likeness (QED) is 0.386. The molecule has 0 atom stereocenters. The van der Waals surface area contributed by atoms with Gasteiger partial charge >= 0.3 is 5.97 Å². The van der Waals surface area contributed by atoms with Crippen molar-refractivity contribution >= 4 is 5.97 Å². The summed E-state index contributed by atoms with van der Waals surface area (Å²) in [7, 11) is 0. The molecule has 0 aromatic heterocycles. The maximum Gasteiger partial charge on any atom is 0.344 e. The first-order valence-corrected chi connectivity index (χ1v) is 10.4. The van der Waals surface area contributed by atoms with E-state index in [0.717, 1.165) is 22.8 Å². The summed E-state index contributed by atoms with van der Waals surface area (Å²) in [4.78, 5) is 11.1. The van der Waals surface area contributed by atoms with Gasteiger partial charge < -0.3 is 9.47 Å². The summed E-state index contributed by atoms with van der Waals surface area (Å²) in [6.07, 6.45) is 34.4. The average molecular weight is 413 g/mol. The summed E-state index contributed by atoms with van der Waals surface area (Å²) in [5.41, 5.74) is 2.21. The number of ether oxygens (including phenoxy) is 2. The Morgan fingerprint density at radius 2 is 1.57 bits per heavy atom. The topological polar surface area (TPSA) is 35.5 Å². The molecule has 3 nitrogen and oxygen atoms in total. The third kappa shape index (κ3) is 16.2. The van der Waals surface area contributed by atoms with Crippen LogP contribution in [0.2, 0.25) is 0 Å². The minimum Gasteiger partial charge on any atom is -0.482 e. The number of esters is 1. The highest BCUT2D eigenvalue weighted by molar-refractivity contribution is 5.71. The highest BCUT2D eigenvalue weighted by Crippen LogP contribution is 2.28. The number of hydrogen-bond donors (Lipinski definition) is 0. The zero-order chi connectivity index (χ0) is 23.8. The van der Waals surface area contributed by atoms with Crippen LogP contribution in [0.5, 0.6) is 5.75 Å². The molecular formula is C27H40O3. The van der Waals surface area contributed by atoms with E-state index in [-0.39, 0.29) is 12.6 Å². The molecule has 0 amide bonds. The summed E-state index contributed by atoms with van der Waals surface area (Å²) < 4.78 is 10.1. The van der Waals surface area contributed by atoms with E-state index >= 15 is 0 Å². The van der Waals surface area contributed by atoms with Crippen LogP contribution in [-0.2, 0) is 9.53 Å². The first-order valence-electron chi connectivity index (χ1n) is 10.4. The van der Waals surface area contributed by atoms with Gasteiger partial charge in [0.1, 0.15) is 5.75 Å². The number of terminal acetylenes is 3. The van der Waals surface area contributed by atoms with E-state index in [0.29, 0.717) is 6.61 Å². The lowest BCUT2D eigenvalue weighted by Gasteiger charge is -2.09. The molecule has 1 saturated carbocycles. The van der Waals surface area contributed by atoms with E-state index in [9.17, 15) is 4.79 Å². The minimum atomic E-state index is -0.335. The lowest BCUT2D eigenvalue weighted by atomic mass is 10.0. The molecule has 1 aromatic carbocycles. The van der Waals surface area contributed by atoms with E-state index in [1.54, 1.807) is 6.92 Å². The van der Waals surface area contributed by atoms with Gasteiger partial charge in [0.15, 0.2) is 6.61 Å². The van der Waals surface area contributed by atoms with Gasteiger partial charge in [0.25, 0.3) is 0 Å². The van der Waals surface area contributed by atoms with E-state index in [1.165, 1.54) is 44.9 Å². The van der Waals surface area contributed by atoms with Gasteiger partial charge in [-0.05, 0) is 43.9 Å². The molecule has 0 bridgehead atoms. The number of carbonyl (C=O) groups excluding carboxylic acids is 1. The Hall–Kier alpha value is -2.83. The summed E-state index contributed by atoms with van der Waals surface area (Å²) in [6, 6.07) is 5.76. The van der Waals surface area contributed by atoms with Crippen LogP contribution in [0.25, 0.3) is 0 Å². The largest absolute Gasteiger partial charge is 0.482 e. The maximum absolute atomic E-state index is 11.1. The zero-order valence-corrected chi connectivity index (χ0v) is 19.4. The van der Waals surface area contributed by atoms with Crippen LogP contribution < -0.4 is 4.74 Å². The minimum absolute atomic E-state index is 0.0296. The Labute approximate surface area is 185 Å². The van der Waals surface area contributed by atoms with Crippen LogP contribution in [0.3, 0.4) is 0 Å². The lowest BCUT2D eigenvalue weighted by molar-refractivity contribution is -0.145. The summed E-state index contributed by atoms with van der Waals surface area (Å²) >= 11 is 0. The van der Waals surface area contributed by atoms with Crippen LogP contribution in [0.1, 0.15) is 69.9 Å². The molecule has 166 valence electrons. The van der Waals surface area contributed by atoms with Crippen molar-refractivity contribution in [2.75, 3.05) is 13.2 Å². The molecule has 1 aromatic rings. The van der Waals surface area contributed by atoms with Gasteiger partial charge in [-0.15, -0.1) is 38.5 Å². The number of rotatable bonds is 7. The second-order valence-corrected chi connectivity index (χ2v) is 6.58. The van der Waals surface area contributed by atoms with Gasteiger partial charge in [0, 0.05) is 0 Å². The molecule has 2 rings (SSSR count). The summed E-state index contributed by atoms with van der Waals surface area (Å²) in [6.45, 7) is 8.39. The van der Waals surface area contributed by atoms with Crippen LogP contribution in [0, 0.1) is 58.3 Å². The second-order valence-electron chi connectivity index (χ2n) is 6.58. The number of aryl methyl sites for hydroxylation is 1. The molecule has 0 unspecified atom stereocenters. The number of benzene rings is 1. The predicted octanol–water partition coefficient (Wildman–Crippen LogP) is 6.36. The number of carbonyl (C=O) groups is 1. The first kappa shape index (κ1) is 31.9. The Morgan fingerprint density at radius 1 is 1.00 bits per heavy atom. The molecule has 0 heterocycles. The van der Waals surface area contributed by atoms with Crippen LogP contribution in [0.4, 0.5) is 0 Å². The smallest absolute Gasteiger partial charge is 0.344 e. The Morgan fingerprint density at radius 3 is 2.07 bits per heavy atom. The van der Waals surface area contributed by atoms with Crippen molar-refractivity contribution in [3.8, 4) is 44.3 Å². The van der Waals surface area contributed by atoms with Crippen molar-refractivity contribution in [1.29, 1.82) is 0 Å². The highest BCUT2D eigenvalue weighted by atomic mass is 16.6. The van der Waals surface area contributed by atoms with Gasteiger partial charge in [0.2, 0.25) is 0 Å². The lowest BCUT2D eigenvalue weighted by Crippen LogP contribution is -2.15. The van der Waals surface area contributed by atoms with Crippen molar-refractivity contribution < 1.29 is 14.3 Å². The zero-order valence-electron chi connectivity index (χ0n) is 19.4. The predicted molar refractivity (Wildman–Crippen MR) is 129 cm³/mol. The maximum atomic E-state index is 11.1. The molecule has 0 spiro atoms. The normalized spacial score (nSPS) is 11.4. The van der Waals surface area contributed by atoms with Gasteiger partial charge in [0.05, 0.1) is 6.61 Å². The van der Waals surface area contributed by atoms with Gasteiger partial charge in [-0.2, -0.15) is 0 Å². The molecule has 0 aliphatic heterocycles. The fourth-order valence-corrected chi connectivity index (χ4v) is 3.01. The average Bonchev–Trinajstić information content (AvgIpc) is 3.32. The fraction of sp³-hybridized carbons (Fsp3) is 0.519. The van der Waals surface area contributed by atoms with E-state index in [4.69, 9.17) is 9.47 Å². The SMILES string of the molecule is C#C.C#C.C#C.CCCCC1CCCC1.CCOC(=O)COc1cccc(C)c1C. The van der Waals surface area contributed by atoms with Crippen molar-refractivity contribution in [3.63, 3.8) is 0 Å². The third-order valence-electron chi connectivity index (χ3n) is 4.65. The Balaban J connectivity index is -0.000000415. The van der Waals surface area contributed by atoms with Crippen molar-refractivity contribution in [2.45, 2.75) is 72.6 Å². The van der Waals surface area contributed by atoms with Crippen LogP contribution >= 0.6 is 0 Å². The Bertz CT molecular complexity index is 576. The summed E-state index contributed by atoms with van der Waals surface area (Å²) in [5.74, 6) is 1.52. The molecule has 30 heavy (non-hydrogen) atoms. The highest BCUT2D eigenvalue weighted by Gasteiger charge is 2.13. The molecule has 0 saturated heterocycles. The van der Waals surface area contributed by atoms with Gasteiger partial charge in [-0.25, -0.2) is 4.79 Å². The van der Waals surface area contributed by atoms with Crippen molar-refractivity contribution in [3.05, 3.63) is 29.3 Å². The van der Waals surface area contributed by atoms with Crippen LogP contribution in [-0.4, -0.2) is 19.2 Å². The van der Waals surface area contributed by atoms with Gasteiger partial charge in [-0.1, -0.05) is 64.0 Å². The molecule has 3 heteroatoms. The second kappa shape index (κ2) is 24.2. The third-order valence-corrected chi connectivity index (χ3v) is 4.65. The molecule has 1 aliphatic carbocycles.